The number of benzene rings is 2. The molecule has 3 aromatic rings. The number of nitrogens with one attached hydrogen (secondary N) is 1. The van der Waals surface area contributed by atoms with E-state index >= 15 is 0 Å². The van der Waals surface area contributed by atoms with Gasteiger partial charge in [-0.15, -0.1) is 0 Å². The van der Waals surface area contributed by atoms with Crippen LogP contribution in [0.4, 0.5) is 5.69 Å². The number of hydrogen-bond donors (Lipinski definition) is 1. The zero-order valence-electron chi connectivity index (χ0n) is 20.9. The van der Waals surface area contributed by atoms with Gasteiger partial charge in [-0.3, -0.25) is 29.7 Å². The highest BCUT2D eigenvalue weighted by Crippen LogP contribution is 2.23. The average Bonchev–Trinajstić information content (AvgIpc) is 3.33. The molecule has 10 heteroatoms. The van der Waals surface area contributed by atoms with Crippen LogP contribution in [0.2, 0.25) is 0 Å². The van der Waals surface area contributed by atoms with Crippen molar-refractivity contribution < 1.29 is 14.5 Å². The van der Waals surface area contributed by atoms with E-state index in [0.717, 1.165) is 30.9 Å². The molecule has 1 saturated heterocycles. The Bertz CT molecular complexity index is 1290. The van der Waals surface area contributed by atoms with E-state index in [2.05, 4.69) is 46.3 Å². The molecule has 2 aliphatic rings. The molecule has 192 valence electrons. The van der Waals surface area contributed by atoms with Gasteiger partial charge in [0.1, 0.15) is 0 Å². The number of carbonyl (C=O) groups excluding carboxylic acids is 2. The zero-order chi connectivity index (χ0) is 25.9. The van der Waals surface area contributed by atoms with E-state index < -0.39 is 4.92 Å². The number of nitro benzene ring substituents is 1. The Morgan fingerprint density at radius 1 is 0.946 bits per heavy atom. The molecule has 0 aliphatic carbocycles. The molecule has 1 fully saturated rings. The number of aryl methyl sites for hydroxylation is 1. The van der Waals surface area contributed by atoms with E-state index in [1.54, 1.807) is 17.0 Å². The largest absolute Gasteiger partial charge is 0.338 e. The van der Waals surface area contributed by atoms with Crippen molar-refractivity contribution in [2.45, 2.75) is 32.9 Å². The van der Waals surface area contributed by atoms with Gasteiger partial charge in [0.2, 0.25) is 5.91 Å². The lowest BCUT2D eigenvalue weighted by molar-refractivity contribution is -0.384. The molecule has 1 aromatic heterocycles. The molecular weight excluding hydrogens is 472 g/mol. The Morgan fingerprint density at radius 2 is 1.62 bits per heavy atom. The van der Waals surface area contributed by atoms with Crippen LogP contribution in [-0.2, 0) is 30.7 Å². The number of piperazine rings is 1. The Hall–Kier alpha value is -4.05. The standard InChI is InChI=1S/C27H30N6O4/c1-19-2-4-21(5-3-19)17-30-12-14-31(15-13-30)27(35)26-23-18-32(11-10-24(23)28-29-26)25(34)16-20-6-8-22(9-7-20)33(36)37/h2-9H,10-18H2,1H3,(H,28,29). The summed E-state index contributed by atoms with van der Waals surface area (Å²) in [5.41, 5.74) is 5.31. The summed E-state index contributed by atoms with van der Waals surface area (Å²) in [6, 6.07) is 14.6. The number of fused-ring (bicyclic) bond motifs is 1. The molecule has 2 amide bonds. The third-order valence-corrected chi connectivity index (χ3v) is 7.18. The van der Waals surface area contributed by atoms with Crippen molar-refractivity contribution in [3.63, 3.8) is 0 Å². The third kappa shape index (κ3) is 5.54. The van der Waals surface area contributed by atoms with E-state index in [4.69, 9.17) is 0 Å². The Kier molecular flexibility index (Phi) is 7.00. The van der Waals surface area contributed by atoms with Crippen molar-refractivity contribution in [3.05, 3.63) is 92.3 Å². The topological polar surface area (TPSA) is 116 Å². The number of hydrogen-bond acceptors (Lipinski definition) is 6. The molecule has 2 aromatic carbocycles. The van der Waals surface area contributed by atoms with Gasteiger partial charge < -0.3 is 9.80 Å². The number of non-ortho nitro benzene ring substituents is 1. The third-order valence-electron chi connectivity index (χ3n) is 7.18. The maximum absolute atomic E-state index is 13.4. The van der Waals surface area contributed by atoms with Gasteiger partial charge >= 0.3 is 0 Å². The highest BCUT2D eigenvalue weighted by molar-refractivity contribution is 5.94. The minimum atomic E-state index is -0.459. The summed E-state index contributed by atoms with van der Waals surface area (Å²) in [4.78, 5) is 42.7. The smallest absolute Gasteiger partial charge is 0.274 e. The number of rotatable bonds is 6. The first-order valence-corrected chi connectivity index (χ1v) is 12.5. The van der Waals surface area contributed by atoms with Crippen LogP contribution in [0.25, 0.3) is 0 Å². The molecule has 0 atom stereocenters. The SMILES string of the molecule is Cc1ccc(CN2CCN(C(=O)c3n[nH]c4c3CN(C(=O)Cc3ccc([N+](=O)[O-])cc3)CC4)CC2)cc1. The molecule has 37 heavy (non-hydrogen) atoms. The van der Waals surface area contributed by atoms with Crippen LogP contribution >= 0.6 is 0 Å². The van der Waals surface area contributed by atoms with Gasteiger partial charge in [-0.1, -0.05) is 42.0 Å². The van der Waals surface area contributed by atoms with Crippen LogP contribution in [0.15, 0.2) is 48.5 Å². The lowest BCUT2D eigenvalue weighted by Crippen LogP contribution is -2.48. The van der Waals surface area contributed by atoms with Crippen LogP contribution in [0.3, 0.4) is 0 Å². The van der Waals surface area contributed by atoms with Gasteiger partial charge in [-0.2, -0.15) is 5.10 Å². The summed E-state index contributed by atoms with van der Waals surface area (Å²) in [5, 5.41) is 18.2. The monoisotopic (exact) mass is 502 g/mol. The lowest BCUT2D eigenvalue weighted by Gasteiger charge is -2.35. The van der Waals surface area contributed by atoms with Crippen molar-refractivity contribution in [1.29, 1.82) is 0 Å². The van der Waals surface area contributed by atoms with Gasteiger partial charge in [-0.25, -0.2) is 0 Å². The van der Waals surface area contributed by atoms with Crippen LogP contribution in [0, 0.1) is 17.0 Å². The zero-order valence-corrected chi connectivity index (χ0v) is 20.9. The van der Waals surface area contributed by atoms with Crippen LogP contribution < -0.4 is 0 Å². The number of aromatic nitrogens is 2. The molecule has 5 rings (SSSR count). The number of H-pyrrole nitrogens is 1. The molecule has 0 bridgehead atoms. The number of aromatic amines is 1. The summed E-state index contributed by atoms with van der Waals surface area (Å²) < 4.78 is 0. The summed E-state index contributed by atoms with van der Waals surface area (Å²) in [6.07, 6.45) is 0.753. The minimum Gasteiger partial charge on any atom is -0.338 e. The number of amides is 2. The molecule has 1 N–H and O–H groups in total. The van der Waals surface area contributed by atoms with Gasteiger partial charge in [0.15, 0.2) is 5.69 Å². The molecule has 0 spiro atoms. The van der Waals surface area contributed by atoms with E-state index in [1.165, 1.54) is 23.3 Å². The Balaban J connectivity index is 1.19. The summed E-state index contributed by atoms with van der Waals surface area (Å²) in [6.45, 7) is 6.67. The lowest BCUT2D eigenvalue weighted by atomic mass is 10.0. The minimum absolute atomic E-state index is 0.00338. The fourth-order valence-corrected chi connectivity index (χ4v) is 4.92. The predicted molar refractivity (Wildman–Crippen MR) is 137 cm³/mol. The van der Waals surface area contributed by atoms with E-state index in [-0.39, 0.29) is 23.9 Å². The highest BCUT2D eigenvalue weighted by atomic mass is 16.6. The Morgan fingerprint density at radius 3 is 2.30 bits per heavy atom. The summed E-state index contributed by atoms with van der Waals surface area (Å²) in [7, 11) is 0. The molecule has 0 radical (unpaired) electrons. The van der Waals surface area contributed by atoms with Crippen molar-refractivity contribution in [2.75, 3.05) is 32.7 Å². The van der Waals surface area contributed by atoms with E-state index in [1.807, 2.05) is 4.90 Å². The molecule has 3 heterocycles. The molecule has 0 saturated carbocycles. The normalized spacial score (nSPS) is 15.9. The maximum atomic E-state index is 13.4. The Labute approximate surface area is 215 Å². The second-order valence-electron chi connectivity index (χ2n) is 9.75. The summed E-state index contributed by atoms with van der Waals surface area (Å²) >= 11 is 0. The van der Waals surface area contributed by atoms with Gasteiger partial charge in [0.05, 0.1) is 11.3 Å². The maximum Gasteiger partial charge on any atom is 0.274 e. The van der Waals surface area contributed by atoms with E-state index in [0.29, 0.717) is 43.9 Å². The molecule has 10 nitrogen and oxygen atoms in total. The highest BCUT2D eigenvalue weighted by Gasteiger charge is 2.31. The first-order chi connectivity index (χ1) is 17.9. The average molecular weight is 503 g/mol. The molecule has 2 aliphatic heterocycles. The van der Waals surface area contributed by atoms with Crippen molar-refractivity contribution >= 4 is 17.5 Å². The van der Waals surface area contributed by atoms with Crippen LogP contribution in [0.1, 0.15) is 38.4 Å². The predicted octanol–water partition coefficient (Wildman–Crippen LogP) is 2.71. The van der Waals surface area contributed by atoms with Crippen molar-refractivity contribution in [3.8, 4) is 0 Å². The van der Waals surface area contributed by atoms with Crippen molar-refractivity contribution in [2.24, 2.45) is 0 Å². The first kappa shape index (κ1) is 24.6. The second kappa shape index (κ2) is 10.5. The van der Waals surface area contributed by atoms with Gasteiger partial charge in [0, 0.05) is 75.6 Å². The second-order valence-corrected chi connectivity index (χ2v) is 9.75. The number of nitro groups is 1. The van der Waals surface area contributed by atoms with E-state index in [9.17, 15) is 19.7 Å². The first-order valence-electron chi connectivity index (χ1n) is 12.5. The number of carbonyl (C=O) groups is 2. The number of nitrogens with zero attached hydrogens (tertiary/aromatic N) is 5. The summed E-state index contributed by atoms with van der Waals surface area (Å²) in [5.74, 6) is -0.180. The molecular formula is C27H30N6O4. The van der Waals surface area contributed by atoms with Crippen molar-refractivity contribution in [1.82, 2.24) is 24.9 Å². The molecule has 0 unspecified atom stereocenters. The van der Waals surface area contributed by atoms with Crippen LogP contribution in [0.5, 0.6) is 0 Å². The van der Waals surface area contributed by atoms with Crippen LogP contribution in [-0.4, -0.2) is 74.4 Å². The fourth-order valence-electron chi connectivity index (χ4n) is 4.92. The van der Waals surface area contributed by atoms with Gasteiger partial charge in [0.25, 0.3) is 11.6 Å². The van der Waals surface area contributed by atoms with Gasteiger partial charge in [-0.05, 0) is 18.1 Å². The fraction of sp³-hybridized carbons (Fsp3) is 0.370. The quantitative estimate of drug-likeness (QED) is 0.409.